The molecule has 13 heavy (non-hydrogen) atoms. The number of nitrogens with one attached hydrogen (secondary N) is 1. The molecule has 1 heterocycles. The van der Waals surface area contributed by atoms with E-state index in [0.717, 1.165) is 0 Å². The fourth-order valence-corrected chi connectivity index (χ4v) is 0.821. The summed E-state index contributed by atoms with van der Waals surface area (Å²) in [6, 6.07) is 4.90. The second-order valence-electron chi connectivity index (χ2n) is 2.46. The fraction of sp³-hybridized carbons (Fsp3) is 0.250. The Morgan fingerprint density at radius 3 is 2.85 bits per heavy atom. The Kier molecular flexibility index (Phi) is 2.92. The van der Waals surface area contributed by atoms with Crippen LogP contribution in [0.3, 0.4) is 0 Å². The Morgan fingerprint density at radius 1 is 1.62 bits per heavy atom. The number of nitriles is 1. The van der Waals surface area contributed by atoms with Crippen LogP contribution in [-0.2, 0) is 4.79 Å². The molecule has 1 aromatic heterocycles. The second-order valence-corrected chi connectivity index (χ2v) is 2.46. The van der Waals surface area contributed by atoms with Gasteiger partial charge in [-0.1, -0.05) is 0 Å². The Morgan fingerprint density at radius 2 is 2.38 bits per heavy atom. The van der Waals surface area contributed by atoms with Crippen LogP contribution in [-0.4, -0.2) is 16.6 Å². The molecule has 0 aliphatic rings. The highest BCUT2D eigenvalue weighted by Gasteiger charge is 2.05. The maximum absolute atomic E-state index is 10.1. The van der Waals surface area contributed by atoms with Crippen LogP contribution in [0, 0.1) is 11.3 Å². The molecule has 0 radical (unpaired) electrons. The lowest BCUT2D eigenvalue weighted by molar-refractivity contribution is -0.110. The largest absolute Gasteiger partial charge is 0.351 e. The van der Waals surface area contributed by atoms with Crippen molar-refractivity contribution in [3.8, 4) is 6.07 Å². The predicted molar refractivity (Wildman–Crippen MR) is 44.4 cm³/mol. The van der Waals surface area contributed by atoms with Crippen LogP contribution in [0.25, 0.3) is 0 Å². The standard InChI is InChI=1S/C8H8N4O/c1-6(10-5-13)8-3-2-7(4-9)11-12-8/h2-3,5-6H,1H3,(H,10,13). The number of carbonyl (C=O) groups is 1. The smallest absolute Gasteiger partial charge is 0.207 e. The van der Waals surface area contributed by atoms with E-state index in [1.165, 1.54) is 0 Å². The van der Waals surface area contributed by atoms with Gasteiger partial charge >= 0.3 is 0 Å². The summed E-state index contributed by atoms with van der Waals surface area (Å²) in [5, 5.41) is 18.4. The molecule has 1 amide bonds. The van der Waals surface area contributed by atoms with E-state index in [-0.39, 0.29) is 11.7 Å². The molecule has 1 N–H and O–H groups in total. The van der Waals surface area contributed by atoms with Crippen LogP contribution in [0.15, 0.2) is 12.1 Å². The summed E-state index contributed by atoms with van der Waals surface area (Å²) < 4.78 is 0. The van der Waals surface area contributed by atoms with Crippen molar-refractivity contribution in [3.63, 3.8) is 0 Å². The Hall–Kier alpha value is -1.96. The maximum Gasteiger partial charge on any atom is 0.207 e. The average molecular weight is 176 g/mol. The highest BCUT2D eigenvalue weighted by Crippen LogP contribution is 2.06. The summed E-state index contributed by atoms with van der Waals surface area (Å²) in [7, 11) is 0. The first-order valence-corrected chi connectivity index (χ1v) is 3.71. The third-order valence-corrected chi connectivity index (χ3v) is 1.56. The van der Waals surface area contributed by atoms with Crippen molar-refractivity contribution in [2.45, 2.75) is 13.0 Å². The Bertz CT molecular complexity index is 327. The number of nitrogens with zero attached hydrogens (tertiary/aromatic N) is 3. The van der Waals surface area contributed by atoms with Gasteiger partial charge in [-0.25, -0.2) is 0 Å². The minimum atomic E-state index is -0.183. The van der Waals surface area contributed by atoms with Gasteiger partial charge in [0.2, 0.25) is 6.41 Å². The molecule has 0 bridgehead atoms. The van der Waals surface area contributed by atoms with Crippen molar-refractivity contribution in [1.29, 1.82) is 5.26 Å². The molecule has 0 aliphatic carbocycles. The highest BCUT2D eigenvalue weighted by molar-refractivity contribution is 5.47. The first kappa shape index (κ1) is 9.13. The summed E-state index contributed by atoms with van der Waals surface area (Å²) in [6.45, 7) is 1.78. The third-order valence-electron chi connectivity index (χ3n) is 1.56. The molecule has 1 aromatic rings. The topological polar surface area (TPSA) is 78.7 Å². The summed E-state index contributed by atoms with van der Waals surface area (Å²) in [6.07, 6.45) is 0.602. The zero-order valence-electron chi connectivity index (χ0n) is 7.06. The van der Waals surface area contributed by atoms with Gasteiger partial charge in [0.25, 0.3) is 0 Å². The van der Waals surface area contributed by atoms with E-state index in [9.17, 15) is 4.79 Å². The fourth-order valence-electron chi connectivity index (χ4n) is 0.821. The van der Waals surface area contributed by atoms with E-state index in [0.29, 0.717) is 12.1 Å². The van der Waals surface area contributed by atoms with E-state index in [1.807, 2.05) is 6.07 Å². The summed E-state index contributed by atoms with van der Waals surface area (Å²) in [5.41, 5.74) is 0.896. The van der Waals surface area contributed by atoms with Crippen molar-refractivity contribution < 1.29 is 4.79 Å². The lowest BCUT2D eigenvalue weighted by Gasteiger charge is -2.07. The molecule has 5 heteroatoms. The van der Waals surface area contributed by atoms with Crippen molar-refractivity contribution >= 4 is 6.41 Å². The number of hydrogen-bond donors (Lipinski definition) is 1. The zero-order valence-corrected chi connectivity index (χ0v) is 7.06. The maximum atomic E-state index is 10.1. The summed E-state index contributed by atoms with van der Waals surface area (Å²) in [4.78, 5) is 10.1. The number of amides is 1. The zero-order chi connectivity index (χ0) is 9.68. The molecular formula is C8H8N4O. The van der Waals surface area contributed by atoms with Crippen molar-refractivity contribution in [2.75, 3.05) is 0 Å². The lowest BCUT2D eigenvalue weighted by Crippen LogP contribution is -2.17. The third kappa shape index (κ3) is 2.24. The van der Waals surface area contributed by atoms with Gasteiger partial charge in [-0.05, 0) is 19.1 Å². The first-order valence-electron chi connectivity index (χ1n) is 3.71. The molecule has 66 valence electrons. The van der Waals surface area contributed by atoms with Crippen LogP contribution in [0.4, 0.5) is 0 Å². The minimum Gasteiger partial charge on any atom is -0.351 e. The number of rotatable bonds is 3. The second kappa shape index (κ2) is 4.16. The van der Waals surface area contributed by atoms with E-state index >= 15 is 0 Å². The van der Waals surface area contributed by atoms with E-state index in [2.05, 4.69) is 15.5 Å². The average Bonchev–Trinajstić information content (AvgIpc) is 2.18. The van der Waals surface area contributed by atoms with Crippen LogP contribution < -0.4 is 5.32 Å². The Labute approximate surface area is 75.4 Å². The van der Waals surface area contributed by atoms with Crippen molar-refractivity contribution in [2.24, 2.45) is 0 Å². The van der Waals surface area contributed by atoms with Gasteiger partial charge in [-0.3, -0.25) is 4.79 Å². The molecule has 1 unspecified atom stereocenters. The van der Waals surface area contributed by atoms with Gasteiger partial charge in [0, 0.05) is 0 Å². The molecule has 1 atom stereocenters. The Balaban J connectivity index is 2.80. The van der Waals surface area contributed by atoms with Gasteiger partial charge in [-0.2, -0.15) is 10.4 Å². The molecule has 0 aromatic carbocycles. The number of hydrogen-bond acceptors (Lipinski definition) is 4. The summed E-state index contributed by atoms with van der Waals surface area (Å²) >= 11 is 0. The molecule has 1 rings (SSSR count). The van der Waals surface area contributed by atoms with Gasteiger partial charge in [0.1, 0.15) is 6.07 Å². The van der Waals surface area contributed by atoms with Crippen molar-refractivity contribution in [1.82, 2.24) is 15.5 Å². The molecule has 0 saturated heterocycles. The van der Waals surface area contributed by atoms with Crippen LogP contribution in [0.5, 0.6) is 0 Å². The first-order chi connectivity index (χ1) is 6.27. The quantitative estimate of drug-likeness (QED) is 0.665. The highest BCUT2D eigenvalue weighted by atomic mass is 16.1. The summed E-state index contributed by atoms with van der Waals surface area (Å²) in [5.74, 6) is 0. The minimum absolute atomic E-state index is 0.183. The monoisotopic (exact) mass is 176 g/mol. The number of carbonyl (C=O) groups excluding carboxylic acids is 1. The molecular weight excluding hydrogens is 168 g/mol. The lowest BCUT2D eigenvalue weighted by atomic mass is 10.2. The molecule has 0 fully saturated rings. The number of aromatic nitrogens is 2. The molecule has 0 saturated carbocycles. The predicted octanol–water partition coefficient (Wildman–Crippen LogP) is 0.155. The van der Waals surface area contributed by atoms with E-state index in [1.54, 1.807) is 19.1 Å². The van der Waals surface area contributed by atoms with Gasteiger partial charge < -0.3 is 5.32 Å². The van der Waals surface area contributed by atoms with E-state index in [4.69, 9.17) is 5.26 Å². The molecule has 5 nitrogen and oxygen atoms in total. The van der Waals surface area contributed by atoms with Crippen molar-refractivity contribution in [3.05, 3.63) is 23.5 Å². The van der Waals surface area contributed by atoms with Crippen LogP contribution >= 0.6 is 0 Å². The van der Waals surface area contributed by atoms with Gasteiger partial charge in [-0.15, -0.1) is 5.10 Å². The van der Waals surface area contributed by atoms with E-state index < -0.39 is 0 Å². The molecule has 0 spiro atoms. The van der Waals surface area contributed by atoms with Gasteiger partial charge in [0.05, 0.1) is 11.7 Å². The van der Waals surface area contributed by atoms with Crippen LogP contribution in [0.1, 0.15) is 24.4 Å². The normalized spacial score (nSPS) is 11.4. The SMILES string of the molecule is CC(NC=O)c1ccc(C#N)nn1. The van der Waals surface area contributed by atoms with Crippen LogP contribution in [0.2, 0.25) is 0 Å². The van der Waals surface area contributed by atoms with Gasteiger partial charge in [0.15, 0.2) is 5.69 Å². The molecule has 0 aliphatic heterocycles.